The first-order chi connectivity index (χ1) is 15.8. The molecular formula is C26H30N4O2. The molecule has 1 aromatic heterocycles. The summed E-state index contributed by atoms with van der Waals surface area (Å²) in [7, 11) is 0. The number of amides is 1. The molecule has 1 aliphatic heterocycles. The summed E-state index contributed by atoms with van der Waals surface area (Å²) in [5, 5.41) is 7.93. The summed E-state index contributed by atoms with van der Waals surface area (Å²) < 4.78 is 7.52. The summed E-state index contributed by atoms with van der Waals surface area (Å²) in [6, 6.07) is 18.4. The molecule has 5 rings (SSSR count). The van der Waals surface area contributed by atoms with E-state index in [4.69, 9.17) is 4.74 Å². The summed E-state index contributed by atoms with van der Waals surface area (Å²) in [4.78, 5) is 15.5. The molecular weight excluding hydrogens is 400 g/mol. The van der Waals surface area contributed by atoms with Crippen molar-refractivity contribution in [3.05, 3.63) is 88.7 Å². The molecule has 1 atom stereocenters. The largest absolute Gasteiger partial charge is 0.379 e. The molecule has 2 heterocycles. The van der Waals surface area contributed by atoms with Gasteiger partial charge in [-0.05, 0) is 42.5 Å². The van der Waals surface area contributed by atoms with Gasteiger partial charge >= 0.3 is 0 Å². The van der Waals surface area contributed by atoms with Crippen LogP contribution in [-0.4, -0.2) is 46.9 Å². The molecule has 166 valence electrons. The number of nitrogens with one attached hydrogen (secondary N) is 1. The molecule has 0 bridgehead atoms. The summed E-state index contributed by atoms with van der Waals surface area (Å²) in [5.74, 6) is -0.0116. The first-order valence-electron chi connectivity index (χ1n) is 11.5. The van der Waals surface area contributed by atoms with Gasteiger partial charge in [0.05, 0.1) is 32.0 Å². The van der Waals surface area contributed by atoms with E-state index in [0.717, 1.165) is 69.8 Å². The van der Waals surface area contributed by atoms with E-state index < -0.39 is 0 Å². The Labute approximate surface area is 189 Å². The first-order valence-corrected chi connectivity index (χ1v) is 11.5. The molecule has 3 aromatic rings. The maximum Gasteiger partial charge on any atom is 0.251 e. The Bertz CT molecular complexity index is 1060. The van der Waals surface area contributed by atoms with E-state index >= 15 is 0 Å². The Morgan fingerprint density at radius 3 is 2.69 bits per heavy atom. The van der Waals surface area contributed by atoms with Gasteiger partial charge in [-0.3, -0.25) is 14.4 Å². The molecule has 1 fully saturated rings. The monoisotopic (exact) mass is 430 g/mol. The number of aromatic nitrogens is 2. The van der Waals surface area contributed by atoms with E-state index in [1.807, 2.05) is 30.5 Å². The molecule has 1 unspecified atom stereocenters. The smallest absolute Gasteiger partial charge is 0.251 e. The molecule has 6 nitrogen and oxygen atoms in total. The lowest BCUT2D eigenvalue weighted by Gasteiger charge is -2.27. The molecule has 1 amide bonds. The summed E-state index contributed by atoms with van der Waals surface area (Å²) in [5.41, 5.74) is 5.53. The average molecular weight is 431 g/mol. The second-order valence-corrected chi connectivity index (χ2v) is 8.70. The molecule has 2 aliphatic rings. The van der Waals surface area contributed by atoms with Crippen LogP contribution in [0.2, 0.25) is 0 Å². The van der Waals surface area contributed by atoms with Crippen LogP contribution in [0.4, 0.5) is 0 Å². The maximum absolute atomic E-state index is 13.1. The van der Waals surface area contributed by atoms with Crippen LogP contribution >= 0.6 is 0 Å². The Hall–Kier alpha value is -2.96. The van der Waals surface area contributed by atoms with Crippen LogP contribution in [0, 0.1) is 0 Å². The van der Waals surface area contributed by atoms with Gasteiger partial charge in [0.1, 0.15) is 0 Å². The minimum Gasteiger partial charge on any atom is -0.379 e. The fourth-order valence-corrected chi connectivity index (χ4v) is 4.73. The third-order valence-corrected chi connectivity index (χ3v) is 6.44. The van der Waals surface area contributed by atoms with Crippen LogP contribution in [-0.2, 0) is 24.2 Å². The zero-order chi connectivity index (χ0) is 21.8. The molecule has 2 aromatic carbocycles. The SMILES string of the molecule is O=C(NC1CCCc2c1cnn2Cc1ccccc1)c1cccc(CN2CCOCC2)c1. The molecule has 6 heteroatoms. The Morgan fingerprint density at radius 2 is 1.84 bits per heavy atom. The third kappa shape index (κ3) is 4.76. The predicted molar refractivity (Wildman–Crippen MR) is 123 cm³/mol. The van der Waals surface area contributed by atoms with E-state index in [-0.39, 0.29) is 11.9 Å². The number of hydrogen-bond donors (Lipinski definition) is 1. The molecule has 0 spiro atoms. The number of fused-ring (bicyclic) bond motifs is 1. The second-order valence-electron chi connectivity index (χ2n) is 8.70. The lowest BCUT2D eigenvalue weighted by Crippen LogP contribution is -2.35. The Kier molecular flexibility index (Phi) is 6.32. The number of ether oxygens (including phenoxy) is 1. The quantitative estimate of drug-likeness (QED) is 0.650. The van der Waals surface area contributed by atoms with Crippen LogP contribution in [0.3, 0.4) is 0 Å². The topological polar surface area (TPSA) is 59.4 Å². The Morgan fingerprint density at radius 1 is 1.03 bits per heavy atom. The fourth-order valence-electron chi connectivity index (χ4n) is 4.73. The van der Waals surface area contributed by atoms with Crippen LogP contribution in [0.15, 0.2) is 60.8 Å². The molecule has 1 saturated heterocycles. The summed E-state index contributed by atoms with van der Waals surface area (Å²) in [6.45, 7) is 5.05. The van der Waals surface area contributed by atoms with E-state index in [0.29, 0.717) is 0 Å². The summed E-state index contributed by atoms with van der Waals surface area (Å²) in [6.07, 6.45) is 4.94. The number of carbonyl (C=O) groups is 1. The van der Waals surface area contributed by atoms with Crippen LogP contribution in [0.1, 0.15) is 51.6 Å². The van der Waals surface area contributed by atoms with Crippen molar-refractivity contribution in [3.8, 4) is 0 Å². The second kappa shape index (κ2) is 9.67. The van der Waals surface area contributed by atoms with E-state index in [1.54, 1.807) is 0 Å². The normalized spacial score (nSPS) is 18.8. The highest BCUT2D eigenvalue weighted by atomic mass is 16.5. The van der Waals surface area contributed by atoms with Crippen molar-refractivity contribution in [2.75, 3.05) is 26.3 Å². The molecule has 1 N–H and O–H groups in total. The lowest BCUT2D eigenvalue weighted by atomic mass is 9.92. The number of hydrogen-bond acceptors (Lipinski definition) is 4. The molecule has 0 saturated carbocycles. The van der Waals surface area contributed by atoms with Crippen LogP contribution in [0.5, 0.6) is 0 Å². The zero-order valence-electron chi connectivity index (χ0n) is 18.4. The van der Waals surface area contributed by atoms with Crippen molar-refractivity contribution in [1.82, 2.24) is 20.0 Å². The predicted octanol–water partition coefficient (Wildman–Crippen LogP) is 3.57. The van der Waals surface area contributed by atoms with E-state index in [9.17, 15) is 4.79 Å². The Balaban J connectivity index is 1.27. The van der Waals surface area contributed by atoms with E-state index in [1.165, 1.54) is 16.8 Å². The van der Waals surface area contributed by atoms with Crippen molar-refractivity contribution < 1.29 is 9.53 Å². The van der Waals surface area contributed by atoms with Gasteiger partial charge in [-0.2, -0.15) is 5.10 Å². The standard InChI is InChI=1S/C26H30N4O2/c31-26(22-9-4-8-21(16-22)18-29-12-14-32-15-13-29)28-24-10-5-11-25-23(24)17-27-30(25)19-20-6-2-1-3-7-20/h1-4,6-9,16-17,24H,5,10-15,18-19H2,(H,28,31). The highest BCUT2D eigenvalue weighted by Crippen LogP contribution is 2.30. The van der Waals surface area contributed by atoms with Gasteiger partial charge in [0.2, 0.25) is 0 Å². The highest BCUT2D eigenvalue weighted by Gasteiger charge is 2.26. The minimum absolute atomic E-state index is 0.0116. The van der Waals surface area contributed by atoms with Gasteiger partial charge in [0, 0.05) is 36.5 Å². The number of benzene rings is 2. The van der Waals surface area contributed by atoms with Crippen molar-refractivity contribution >= 4 is 5.91 Å². The first kappa shape index (κ1) is 20.9. The van der Waals surface area contributed by atoms with Gasteiger partial charge in [-0.1, -0.05) is 42.5 Å². The molecule has 32 heavy (non-hydrogen) atoms. The van der Waals surface area contributed by atoms with Crippen molar-refractivity contribution in [3.63, 3.8) is 0 Å². The lowest BCUT2D eigenvalue weighted by molar-refractivity contribution is 0.0342. The van der Waals surface area contributed by atoms with Gasteiger partial charge in [-0.25, -0.2) is 0 Å². The van der Waals surface area contributed by atoms with Gasteiger partial charge in [0.25, 0.3) is 5.91 Å². The maximum atomic E-state index is 13.1. The third-order valence-electron chi connectivity index (χ3n) is 6.44. The van der Waals surface area contributed by atoms with Crippen LogP contribution in [0.25, 0.3) is 0 Å². The van der Waals surface area contributed by atoms with Crippen molar-refractivity contribution in [2.24, 2.45) is 0 Å². The van der Waals surface area contributed by atoms with Crippen molar-refractivity contribution in [1.29, 1.82) is 0 Å². The minimum atomic E-state index is -0.0116. The van der Waals surface area contributed by atoms with Crippen molar-refractivity contribution in [2.45, 2.75) is 38.4 Å². The average Bonchev–Trinajstić information content (AvgIpc) is 3.24. The molecule has 0 radical (unpaired) electrons. The van der Waals surface area contributed by atoms with E-state index in [2.05, 4.69) is 50.3 Å². The number of morpholine rings is 1. The fraction of sp³-hybridized carbons (Fsp3) is 0.385. The van der Waals surface area contributed by atoms with Gasteiger partial charge < -0.3 is 10.1 Å². The van der Waals surface area contributed by atoms with Gasteiger partial charge in [0.15, 0.2) is 0 Å². The number of rotatable bonds is 6. The van der Waals surface area contributed by atoms with Crippen LogP contribution < -0.4 is 5.32 Å². The highest BCUT2D eigenvalue weighted by molar-refractivity contribution is 5.94. The zero-order valence-corrected chi connectivity index (χ0v) is 18.4. The molecule has 1 aliphatic carbocycles. The van der Waals surface area contributed by atoms with Gasteiger partial charge in [-0.15, -0.1) is 0 Å². The summed E-state index contributed by atoms with van der Waals surface area (Å²) >= 11 is 0. The number of nitrogens with zero attached hydrogens (tertiary/aromatic N) is 3. The number of carbonyl (C=O) groups excluding carboxylic acids is 1.